The van der Waals surface area contributed by atoms with Crippen molar-refractivity contribution in [2.75, 3.05) is 21.3 Å². The molecule has 3 aliphatic heterocycles. The first-order chi connectivity index (χ1) is 24.9. The summed E-state index contributed by atoms with van der Waals surface area (Å²) in [5.74, 6) is -0.694. The van der Waals surface area contributed by atoms with Gasteiger partial charge in [0.1, 0.15) is 24.4 Å². The number of rotatable bonds is 8. The summed E-state index contributed by atoms with van der Waals surface area (Å²) in [7, 11) is 4.93. The summed E-state index contributed by atoms with van der Waals surface area (Å²) in [4.78, 5) is 28.3. The molecule has 0 aromatic carbocycles. The summed E-state index contributed by atoms with van der Waals surface area (Å²) < 4.78 is 49.4. The van der Waals surface area contributed by atoms with Crippen molar-refractivity contribution in [1.82, 2.24) is 0 Å². The highest BCUT2D eigenvalue weighted by atomic mass is 16.7. The maximum atomic E-state index is 14.7. The van der Waals surface area contributed by atoms with E-state index in [2.05, 4.69) is 26.8 Å². The Morgan fingerprint density at radius 2 is 1.54 bits per heavy atom. The maximum Gasteiger partial charge on any atom is 0.306 e. The van der Waals surface area contributed by atoms with Crippen LogP contribution < -0.4 is 0 Å². The van der Waals surface area contributed by atoms with Gasteiger partial charge >= 0.3 is 5.97 Å². The van der Waals surface area contributed by atoms with E-state index in [-0.39, 0.29) is 96.8 Å². The number of allylic oxidation sites excluding steroid dienone is 2. The van der Waals surface area contributed by atoms with Gasteiger partial charge in [-0.3, -0.25) is 9.59 Å². The lowest BCUT2D eigenvalue weighted by Crippen LogP contribution is -2.59. The number of cyclic esters (lactones) is 1. The monoisotopic (exact) mass is 734 g/mol. The molecule has 0 amide bonds. The molecule has 0 radical (unpaired) electrons. The average molecular weight is 735 g/mol. The van der Waals surface area contributed by atoms with Crippen LogP contribution in [0.1, 0.15) is 99.3 Å². The van der Waals surface area contributed by atoms with E-state index in [1.165, 1.54) is 0 Å². The predicted octanol–water partition coefficient (Wildman–Crippen LogP) is 5.63. The predicted molar refractivity (Wildman–Crippen MR) is 192 cm³/mol. The van der Waals surface area contributed by atoms with Crippen molar-refractivity contribution in [2.45, 2.75) is 167 Å². The van der Waals surface area contributed by atoms with Crippen molar-refractivity contribution in [3.05, 3.63) is 11.6 Å². The molecule has 2 saturated carbocycles. The second-order valence-electron chi connectivity index (χ2n) is 16.9. The Hall–Kier alpha value is -1.44. The Morgan fingerprint density at radius 1 is 0.827 bits per heavy atom. The molecule has 11 heteroatoms. The number of methoxy groups -OCH3 is 3. The zero-order valence-electron chi connectivity index (χ0n) is 32.9. The molecule has 5 fully saturated rings. The Kier molecular flexibility index (Phi) is 13.3. The molecule has 19 atom stereocenters. The average Bonchev–Trinajstić information content (AvgIpc) is 3.71. The van der Waals surface area contributed by atoms with E-state index >= 15 is 0 Å². The third-order valence-electron chi connectivity index (χ3n) is 14.0. The van der Waals surface area contributed by atoms with Gasteiger partial charge in [-0.15, -0.1) is 0 Å². The molecule has 4 unspecified atom stereocenters. The van der Waals surface area contributed by atoms with Gasteiger partial charge in [-0.05, 0) is 106 Å². The number of fused-ring (bicyclic) bond motifs is 5. The number of aliphatic hydroxyl groups is 1. The van der Waals surface area contributed by atoms with Crippen LogP contribution in [0.2, 0.25) is 0 Å². The molecule has 6 aliphatic rings. The molecule has 6 rings (SSSR count). The molecule has 0 aromatic heterocycles. The van der Waals surface area contributed by atoms with E-state index in [1.807, 2.05) is 20.8 Å². The van der Waals surface area contributed by atoms with Gasteiger partial charge in [0.25, 0.3) is 0 Å². The molecular weight excluding hydrogens is 668 g/mol. The Bertz CT molecular complexity index is 1260. The Labute approximate surface area is 311 Å². The first-order valence-electron chi connectivity index (χ1n) is 20.2. The normalized spacial score (nSPS) is 48.8. The first kappa shape index (κ1) is 40.2. The van der Waals surface area contributed by atoms with Crippen LogP contribution in [0.5, 0.6) is 0 Å². The van der Waals surface area contributed by atoms with Crippen molar-refractivity contribution < 1.29 is 52.6 Å². The number of carbonyl (C=O) groups is 2. The van der Waals surface area contributed by atoms with E-state index in [1.54, 1.807) is 21.3 Å². The number of ketones is 1. The fourth-order valence-corrected chi connectivity index (χ4v) is 10.8. The molecule has 0 aromatic rings. The van der Waals surface area contributed by atoms with Crippen LogP contribution in [-0.2, 0) is 47.5 Å². The number of Topliss-reactive ketones (excluding diaryl/α,β-unsaturated/α-hetero) is 1. The van der Waals surface area contributed by atoms with Crippen LogP contribution in [0.15, 0.2) is 11.6 Å². The third-order valence-corrected chi connectivity index (χ3v) is 14.0. The SMILES string of the molecule is CC[C@H]1CCC[C@H](O[C@H]2CC[C@H](C)C(C)O2)[C@@H](C)C(=O)C2=C[C@H]3[C@@H]4C[C@H](O[C@@H]5OC(C)[C@H](OC)C(OC)C5OC)C[C@H]4[C@H](C)[C@@H](O)[C@H]3[C@@H]2CC(=O)O1. The van der Waals surface area contributed by atoms with Gasteiger partial charge in [0, 0.05) is 33.2 Å². The highest BCUT2D eigenvalue weighted by Crippen LogP contribution is 2.58. The fourth-order valence-electron chi connectivity index (χ4n) is 10.8. The van der Waals surface area contributed by atoms with Crippen molar-refractivity contribution in [3.8, 4) is 0 Å². The third kappa shape index (κ3) is 7.95. The van der Waals surface area contributed by atoms with E-state index in [0.29, 0.717) is 17.9 Å². The minimum atomic E-state index is -0.682. The van der Waals surface area contributed by atoms with Gasteiger partial charge in [0.2, 0.25) is 0 Å². The summed E-state index contributed by atoms with van der Waals surface area (Å²) in [5.41, 5.74) is 0.655. The van der Waals surface area contributed by atoms with Crippen LogP contribution in [0, 0.1) is 47.3 Å². The number of carbonyl (C=O) groups excluding carboxylic acids is 2. The highest BCUT2D eigenvalue weighted by molar-refractivity contribution is 5.99. The maximum absolute atomic E-state index is 14.7. The zero-order chi connectivity index (χ0) is 37.4. The molecule has 52 heavy (non-hydrogen) atoms. The van der Waals surface area contributed by atoms with Gasteiger partial charge in [-0.25, -0.2) is 0 Å². The van der Waals surface area contributed by atoms with Crippen molar-refractivity contribution in [2.24, 2.45) is 47.3 Å². The lowest BCUT2D eigenvalue weighted by Gasteiger charge is -2.46. The van der Waals surface area contributed by atoms with E-state index in [9.17, 15) is 14.7 Å². The second-order valence-corrected chi connectivity index (χ2v) is 16.9. The fraction of sp³-hybridized carbons (Fsp3) is 0.902. The quantitative estimate of drug-likeness (QED) is 0.312. The molecule has 11 nitrogen and oxygen atoms in total. The number of hydrogen-bond donors (Lipinski definition) is 1. The summed E-state index contributed by atoms with van der Waals surface area (Å²) in [5, 5.41) is 12.1. The molecule has 3 heterocycles. The summed E-state index contributed by atoms with van der Waals surface area (Å²) in [6.45, 7) is 12.4. The number of esters is 1. The zero-order valence-corrected chi connectivity index (χ0v) is 32.9. The summed E-state index contributed by atoms with van der Waals surface area (Å²) in [6, 6.07) is 0. The van der Waals surface area contributed by atoms with Crippen molar-refractivity contribution in [1.29, 1.82) is 0 Å². The van der Waals surface area contributed by atoms with Gasteiger partial charge < -0.3 is 43.0 Å². The Morgan fingerprint density at radius 3 is 2.21 bits per heavy atom. The Balaban J connectivity index is 1.25. The topological polar surface area (TPSA) is 128 Å². The summed E-state index contributed by atoms with van der Waals surface area (Å²) in [6.07, 6.45) is 4.82. The van der Waals surface area contributed by atoms with E-state index in [0.717, 1.165) is 44.9 Å². The molecule has 296 valence electrons. The number of hydrogen-bond acceptors (Lipinski definition) is 11. The highest BCUT2D eigenvalue weighted by Gasteiger charge is 2.58. The standard InChI is InChI=1S/C41H66O11/c1-10-25-12-11-13-32(52-34-15-14-20(2)23(5)48-34)22(4)36(43)31-18-29-28-17-26(51-41-40(47-9)39(46-8)38(45-7)24(6)49-41)16-27(28)21(3)37(44)35(29)30(31)19-33(42)50-25/h18,20-30,32,34-35,37-41,44H,10-17,19H2,1-9H3/t20-,21-,22+,23?,24?,25-,26+,27-,28+,29-,30+,32-,34-,35+,37+,38-,39?,40?,41-/m0/s1. The van der Waals surface area contributed by atoms with Crippen LogP contribution in [0.25, 0.3) is 0 Å². The van der Waals surface area contributed by atoms with Gasteiger partial charge in [0.15, 0.2) is 18.4 Å². The first-order valence-corrected chi connectivity index (χ1v) is 20.2. The van der Waals surface area contributed by atoms with Crippen molar-refractivity contribution >= 4 is 11.8 Å². The molecule has 3 aliphatic carbocycles. The molecule has 3 saturated heterocycles. The summed E-state index contributed by atoms with van der Waals surface area (Å²) >= 11 is 0. The van der Waals surface area contributed by atoms with Crippen LogP contribution in [0.3, 0.4) is 0 Å². The van der Waals surface area contributed by atoms with Gasteiger partial charge in [-0.2, -0.15) is 0 Å². The van der Waals surface area contributed by atoms with Crippen molar-refractivity contribution in [3.63, 3.8) is 0 Å². The number of ether oxygens (including phenoxy) is 8. The second kappa shape index (κ2) is 17.1. The van der Waals surface area contributed by atoms with Gasteiger partial charge in [-0.1, -0.05) is 33.8 Å². The minimum absolute atomic E-state index is 0.00933. The largest absolute Gasteiger partial charge is 0.462 e. The van der Waals surface area contributed by atoms with E-state index in [4.69, 9.17) is 37.9 Å². The molecule has 0 bridgehead atoms. The van der Waals surface area contributed by atoms with Crippen LogP contribution >= 0.6 is 0 Å². The van der Waals surface area contributed by atoms with Crippen LogP contribution in [0.4, 0.5) is 0 Å². The lowest BCUT2D eigenvalue weighted by atomic mass is 9.61. The van der Waals surface area contributed by atoms with Gasteiger partial charge in [0.05, 0.1) is 36.9 Å². The molecule has 0 spiro atoms. The molecule has 1 N–H and O–H groups in total. The van der Waals surface area contributed by atoms with E-state index < -0.39 is 30.3 Å². The number of aliphatic hydroxyl groups excluding tert-OH is 1. The van der Waals surface area contributed by atoms with Crippen LogP contribution in [-0.4, -0.2) is 106 Å². The minimum Gasteiger partial charge on any atom is -0.462 e. The lowest BCUT2D eigenvalue weighted by molar-refractivity contribution is -0.314. The smallest absolute Gasteiger partial charge is 0.306 e. The molecular formula is C41H66O11.